The number of nitrogens with one attached hydrogen (secondary N) is 1. The number of hydrogen-bond donors (Lipinski definition) is 1. The summed E-state index contributed by atoms with van der Waals surface area (Å²) in [6.45, 7) is 4.24. The molecule has 0 saturated carbocycles. The van der Waals surface area contributed by atoms with Crippen molar-refractivity contribution in [3.05, 3.63) is 59.9 Å². The van der Waals surface area contributed by atoms with E-state index in [1.54, 1.807) is 12.1 Å². The lowest BCUT2D eigenvalue weighted by molar-refractivity contribution is -0.113. The second-order valence-corrected chi connectivity index (χ2v) is 6.91. The van der Waals surface area contributed by atoms with Crippen LogP contribution >= 0.6 is 11.8 Å². The third kappa shape index (κ3) is 4.45. The quantitative estimate of drug-likeness (QED) is 0.670. The second-order valence-electron chi connectivity index (χ2n) is 5.97. The molecule has 6 nitrogen and oxygen atoms in total. The van der Waals surface area contributed by atoms with Crippen LogP contribution in [0, 0.1) is 5.82 Å². The molecule has 0 aliphatic rings. The van der Waals surface area contributed by atoms with Crippen molar-refractivity contribution in [2.24, 2.45) is 0 Å². The van der Waals surface area contributed by atoms with Gasteiger partial charge < -0.3 is 5.32 Å². The number of benzene rings is 2. The molecule has 0 fully saturated rings. The molecule has 1 heterocycles. The van der Waals surface area contributed by atoms with Gasteiger partial charge in [-0.2, -0.15) is 4.68 Å². The van der Waals surface area contributed by atoms with Gasteiger partial charge in [-0.3, -0.25) is 4.79 Å². The van der Waals surface area contributed by atoms with Crippen molar-refractivity contribution in [2.75, 3.05) is 11.1 Å². The Kier molecular flexibility index (Phi) is 5.62. The van der Waals surface area contributed by atoms with E-state index in [0.717, 1.165) is 5.69 Å². The number of carbonyl (C=O) groups excluding carboxylic acids is 1. The van der Waals surface area contributed by atoms with Gasteiger partial charge in [0.2, 0.25) is 11.1 Å². The van der Waals surface area contributed by atoms with Crippen LogP contribution in [0.25, 0.3) is 5.69 Å². The van der Waals surface area contributed by atoms with E-state index in [4.69, 9.17) is 0 Å². The summed E-state index contributed by atoms with van der Waals surface area (Å²) in [6.07, 6.45) is 0. The maximum atomic E-state index is 13.4. The van der Waals surface area contributed by atoms with Crippen LogP contribution in [0.2, 0.25) is 0 Å². The number of thioether (sulfide) groups is 1. The molecule has 3 aromatic rings. The lowest BCUT2D eigenvalue weighted by atomic mass is 10.0. The minimum Gasteiger partial charge on any atom is -0.325 e. The van der Waals surface area contributed by atoms with Crippen molar-refractivity contribution in [1.29, 1.82) is 0 Å². The fourth-order valence-corrected chi connectivity index (χ4v) is 3.01. The molecule has 0 bridgehead atoms. The Bertz CT molecular complexity index is 895. The monoisotopic (exact) mass is 371 g/mol. The van der Waals surface area contributed by atoms with Crippen molar-refractivity contribution in [1.82, 2.24) is 20.2 Å². The Balaban J connectivity index is 1.61. The molecule has 2 aromatic carbocycles. The average Bonchev–Trinajstić information content (AvgIpc) is 3.09. The highest BCUT2D eigenvalue weighted by Crippen LogP contribution is 2.20. The summed E-state index contributed by atoms with van der Waals surface area (Å²) in [6, 6.07) is 13.7. The van der Waals surface area contributed by atoms with Crippen LogP contribution in [0.4, 0.5) is 10.1 Å². The predicted octanol–water partition coefficient (Wildman–Crippen LogP) is 3.66. The van der Waals surface area contributed by atoms with Gasteiger partial charge in [0, 0.05) is 5.69 Å². The highest BCUT2D eigenvalue weighted by Gasteiger charge is 2.12. The van der Waals surface area contributed by atoms with Crippen LogP contribution < -0.4 is 5.32 Å². The van der Waals surface area contributed by atoms with Crippen LogP contribution in [0.5, 0.6) is 0 Å². The fourth-order valence-electron chi connectivity index (χ4n) is 2.32. The molecule has 0 aliphatic carbocycles. The Morgan fingerprint density at radius 3 is 2.69 bits per heavy atom. The van der Waals surface area contributed by atoms with Crippen molar-refractivity contribution in [3.63, 3.8) is 0 Å². The van der Waals surface area contributed by atoms with Gasteiger partial charge in [-0.15, -0.1) is 5.10 Å². The second kappa shape index (κ2) is 8.09. The molecule has 0 spiro atoms. The van der Waals surface area contributed by atoms with E-state index < -0.39 is 0 Å². The summed E-state index contributed by atoms with van der Waals surface area (Å²) in [5.74, 6) is 0.0383. The van der Waals surface area contributed by atoms with E-state index in [0.29, 0.717) is 16.8 Å². The fraction of sp³-hybridized carbons (Fsp3) is 0.222. The lowest BCUT2D eigenvalue weighted by Crippen LogP contribution is -2.14. The topological polar surface area (TPSA) is 72.7 Å². The summed E-state index contributed by atoms with van der Waals surface area (Å²) in [5.41, 5.74) is 2.46. The average molecular weight is 371 g/mol. The molecule has 0 atom stereocenters. The van der Waals surface area contributed by atoms with Gasteiger partial charge in [0.1, 0.15) is 5.82 Å². The molecule has 0 saturated heterocycles. The van der Waals surface area contributed by atoms with E-state index in [2.05, 4.69) is 34.7 Å². The van der Waals surface area contributed by atoms with E-state index in [1.165, 1.54) is 34.1 Å². The van der Waals surface area contributed by atoms with E-state index in [1.807, 2.05) is 24.3 Å². The number of carbonyl (C=O) groups is 1. The number of rotatable bonds is 6. The molecule has 1 amide bonds. The number of halogens is 1. The summed E-state index contributed by atoms with van der Waals surface area (Å²) in [4.78, 5) is 12.2. The standard InChI is InChI=1S/C18H18FN5OS/c1-12(2)13-6-8-15(9-7-13)20-17(25)11-26-18-21-22-23-24(18)16-5-3-4-14(19)10-16/h3-10,12H,11H2,1-2H3,(H,20,25). The molecule has 1 aromatic heterocycles. The van der Waals surface area contributed by atoms with E-state index in [-0.39, 0.29) is 17.5 Å². The normalized spacial score (nSPS) is 10.9. The minimum atomic E-state index is -0.378. The molecule has 8 heteroatoms. The summed E-state index contributed by atoms with van der Waals surface area (Å²) >= 11 is 1.18. The van der Waals surface area contributed by atoms with Crippen LogP contribution in [0.15, 0.2) is 53.7 Å². The van der Waals surface area contributed by atoms with Gasteiger partial charge in [0.05, 0.1) is 11.4 Å². The zero-order valence-corrected chi connectivity index (χ0v) is 15.2. The molecule has 3 rings (SSSR count). The van der Waals surface area contributed by atoms with Crippen LogP contribution in [0.3, 0.4) is 0 Å². The number of anilines is 1. The zero-order valence-electron chi connectivity index (χ0n) is 14.4. The summed E-state index contributed by atoms with van der Waals surface area (Å²) in [5, 5.41) is 14.6. The van der Waals surface area contributed by atoms with Gasteiger partial charge in [-0.05, 0) is 52.2 Å². The van der Waals surface area contributed by atoms with Gasteiger partial charge in [0.15, 0.2) is 0 Å². The van der Waals surface area contributed by atoms with E-state index in [9.17, 15) is 9.18 Å². The number of tetrazole rings is 1. The van der Waals surface area contributed by atoms with Gasteiger partial charge in [0.25, 0.3) is 0 Å². The van der Waals surface area contributed by atoms with Crippen LogP contribution in [-0.4, -0.2) is 31.9 Å². The largest absolute Gasteiger partial charge is 0.325 e. The van der Waals surface area contributed by atoms with Crippen molar-refractivity contribution in [2.45, 2.75) is 24.9 Å². The maximum absolute atomic E-state index is 13.4. The van der Waals surface area contributed by atoms with Gasteiger partial charge >= 0.3 is 0 Å². The summed E-state index contributed by atoms with van der Waals surface area (Å²) < 4.78 is 14.8. The SMILES string of the molecule is CC(C)c1ccc(NC(=O)CSc2nnnn2-c2cccc(F)c2)cc1. The third-order valence-electron chi connectivity index (χ3n) is 3.69. The first-order valence-electron chi connectivity index (χ1n) is 8.10. The minimum absolute atomic E-state index is 0.140. The molecule has 0 radical (unpaired) electrons. The smallest absolute Gasteiger partial charge is 0.234 e. The van der Waals surface area contributed by atoms with Crippen LogP contribution in [0.1, 0.15) is 25.3 Å². The Hall–Kier alpha value is -2.74. The number of aromatic nitrogens is 4. The number of amides is 1. The van der Waals surface area contributed by atoms with Crippen LogP contribution in [-0.2, 0) is 4.79 Å². The highest BCUT2D eigenvalue weighted by atomic mass is 32.2. The first-order valence-corrected chi connectivity index (χ1v) is 9.08. The Morgan fingerprint density at radius 1 is 1.23 bits per heavy atom. The predicted molar refractivity (Wildman–Crippen MR) is 99.0 cm³/mol. The van der Waals surface area contributed by atoms with Gasteiger partial charge in [-0.25, -0.2) is 4.39 Å². The first-order chi connectivity index (χ1) is 12.5. The molecule has 134 valence electrons. The highest BCUT2D eigenvalue weighted by molar-refractivity contribution is 7.99. The Labute approximate surface area is 154 Å². The van der Waals surface area contributed by atoms with E-state index >= 15 is 0 Å². The molecular weight excluding hydrogens is 353 g/mol. The molecule has 26 heavy (non-hydrogen) atoms. The molecular formula is C18H18FN5OS. The zero-order chi connectivity index (χ0) is 18.5. The Morgan fingerprint density at radius 2 is 2.00 bits per heavy atom. The summed E-state index contributed by atoms with van der Waals surface area (Å²) in [7, 11) is 0. The first kappa shape index (κ1) is 18.1. The van der Waals surface area contributed by atoms with Crippen molar-refractivity contribution < 1.29 is 9.18 Å². The molecule has 0 aliphatic heterocycles. The van der Waals surface area contributed by atoms with Crippen molar-refractivity contribution >= 4 is 23.4 Å². The lowest BCUT2D eigenvalue weighted by Gasteiger charge is -2.08. The third-order valence-corrected chi connectivity index (χ3v) is 4.61. The molecule has 0 unspecified atom stereocenters. The number of nitrogens with zero attached hydrogens (tertiary/aromatic N) is 4. The molecule has 1 N–H and O–H groups in total. The van der Waals surface area contributed by atoms with Gasteiger partial charge in [-0.1, -0.05) is 43.8 Å². The maximum Gasteiger partial charge on any atom is 0.234 e. The number of hydrogen-bond acceptors (Lipinski definition) is 5. The van der Waals surface area contributed by atoms with Crippen molar-refractivity contribution in [3.8, 4) is 5.69 Å².